The van der Waals surface area contributed by atoms with Gasteiger partial charge >= 0.3 is 0 Å². The number of halogens is 3. The normalized spacial score (nSPS) is 16.8. The van der Waals surface area contributed by atoms with E-state index >= 15 is 0 Å². The first kappa shape index (κ1) is 18.1. The van der Waals surface area contributed by atoms with E-state index in [0.717, 1.165) is 25.6 Å². The standard InChI is InChI=1S/C15H22Cl2N2.ClH/c1-15(2,12-3-4-13(16)14(17)9-12)19-10-11-5-7-18-8-6-11;/h3-4,9,11,18-19H,5-8,10H2,1-2H3;1H. The summed E-state index contributed by atoms with van der Waals surface area (Å²) in [5.74, 6) is 0.767. The van der Waals surface area contributed by atoms with Crippen LogP contribution in [0.4, 0.5) is 0 Å². The summed E-state index contributed by atoms with van der Waals surface area (Å²) in [7, 11) is 0. The Morgan fingerprint density at radius 1 is 1.20 bits per heavy atom. The highest BCUT2D eigenvalue weighted by Gasteiger charge is 2.23. The van der Waals surface area contributed by atoms with Crippen LogP contribution in [0.15, 0.2) is 18.2 Å². The van der Waals surface area contributed by atoms with Crippen LogP contribution >= 0.6 is 35.6 Å². The molecule has 2 rings (SSSR count). The van der Waals surface area contributed by atoms with Gasteiger partial charge in [0, 0.05) is 5.54 Å². The zero-order valence-electron chi connectivity index (χ0n) is 12.0. The van der Waals surface area contributed by atoms with Crippen LogP contribution in [0.1, 0.15) is 32.3 Å². The first-order valence-electron chi connectivity index (χ1n) is 6.90. The van der Waals surface area contributed by atoms with Gasteiger partial charge < -0.3 is 10.6 Å². The second-order valence-corrected chi connectivity index (χ2v) is 6.64. The monoisotopic (exact) mass is 336 g/mol. The third kappa shape index (κ3) is 4.78. The van der Waals surface area contributed by atoms with Gasteiger partial charge in [0.25, 0.3) is 0 Å². The van der Waals surface area contributed by atoms with Crippen molar-refractivity contribution >= 4 is 35.6 Å². The van der Waals surface area contributed by atoms with E-state index in [9.17, 15) is 0 Å². The Kier molecular flexibility index (Phi) is 7.10. The molecular weight excluding hydrogens is 315 g/mol. The zero-order valence-corrected chi connectivity index (χ0v) is 14.3. The molecule has 5 heteroatoms. The molecule has 2 N–H and O–H groups in total. The highest BCUT2D eigenvalue weighted by molar-refractivity contribution is 6.42. The number of piperidine rings is 1. The molecule has 1 aliphatic rings. The molecule has 0 spiro atoms. The average Bonchev–Trinajstić information content (AvgIpc) is 2.41. The maximum atomic E-state index is 6.10. The first-order chi connectivity index (χ1) is 8.99. The molecule has 0 saturated carbocycles. The number of benzene rings is 1. The molecule has 0 radical (unpaired) electrons. The largest absolute Gasteiger partial charge is 0.317 e. The minimum Gasteiger partial charge on any atom is -0.317 e. The van der Waals surface area contributed by atoms with Crippen LogP contribution in [0.2, 0.25) is 10.0 Å². The molecule has 0 unspecified atom stereocenters. The minimum atomic E-state index is -0.0842. The SMILES string of the molecule is CC(C)(NCC1CCNCC1)c1ccc(Cl)c(Cl)c1.Cl. The molecular formula is C15H23Cl3N2. The second-order valence-electron chi connectivity index (χ2n) is 5.83. The topological polar surface area (TPSA) is 24.1 Å². The molecule has 0 bridgehead atoms. The van der Waals surface area contributed by atoms with Crippen LogP contribution in [0.5, 0.6) is 0 Å². The Morgan fingerprint density at radius 3 is 2.45 bits per heavy atom. The predicted octanol–water partition coefficient (Wildman–Crippen LogP) is 4.24. The lowest BCUT2D eigenvalue weighted by molar-refractivity contribution is 0.305. The first-order valence-corrected chi connectivity index (χ1v) is 7.66. The van der Waals surface area contributed by atoms with Crippen molar-refractivity contribution in [3.63, 3.8) is 0 Å². The summed E-state index contributed by atoms with van der Waals surface area (Å²) in [6.45, 7) is 7.70. The number of rotatable bonds is 4. The van der Waals surface area contributed by atoms with Gasteiger partial charge in [0.1, 0.15) is 0 Å². The molecule has 1 aromatic rings. The van der Waals surface area contributed by atoms with E-state index in [-0.39, 0.29) is 17.9 Å². The van der Waals surface area contributed by atoms with E-state index in [1.165, 1.54) is 18.4 Å². The van der Waals surface area contributed by atoms with Gasteiger partial charge in [-0.2, -0.15) is 0 Å². The molecule has 0 atom stereocenters. The zero-order chi connectivity index (χ0) is 13.9. The van der Waals surface area contributed by atoms with Crippen LogP contribution in [-0.2, 0) is 5.54 Å². The quantitative estimate of drug-likeness (QED) is 0.858. The molecule has 20 heavy (non-hydrogen) atoms. The molecule has 0 aliphatic carbocycles. The van der Waals surface area contributed by atoms with Gasteiger partial charge in [-0.05, 0) is 69.9 Å². The number of hydrogen-bond acceptors (Lipinski definition) is 2. The van der Waals surface area contributed by atoms with Gasteiger partial charge in [-0.1, -0.05) is 29.3 Å². The summed E-state index contributed by atoms with van der Waals surface area (Å²) in [5, 5.41) is 8.29. The molecule has 1 fully saturated rings. The van der Waals surface area contributed by atoms with Crippen molar-refractivity contribution in [2.24, 2.45) is 5.92 Å². The van der Waals surface area contributed by atoms with E-state index in [4.69, 9.17) is 23.2 Å². The van der Waals surface area contributed by atoms with Gasteiger partial charge in [-0.3, -0.25) is 0 Å². The molecule has 1 saturated heterocycles. The van der Waals surface area contributed by atoms with Crippen molar-refractivity contribution in [2.75, 3.05) is 19.6 Å². The second kappa shape index (κ2) is 7.86. The lowest BCUT2D eigenvalue weighted by atomic mass is 9.91. The Labute approximate surface area is 138 Å². The highest BCUT2D eigenvalue weighted by atomic mass is 35.5. The van der Waals surface area contributed by atoms with Crippen molar-refractivity contribution in [1.29, 1.82) is 0 Å². The van der Waals surface area contributed by atoms with Crippen LogP contribution < -0.4 is 10.6 Å². The fourth-order valence-corrected chi connectivity index (χ4v) is 2.77. The van der Waals surface area contributed by atoms with Crippen molar-refractivity contribution < 1.29 is 0 Å². The fourth-order valence-electron chi connectivity index (χ4n) is 2.47. The summed E-state index contributed by atoms with van der Waals surface area (Å²) in [4.78, 5) is 0. The maximum absolute atomic E-state index is 6.10. The van der Waals surface area contributed by atoms with Gasteiger partial charge in [-0.25, -0.2) is 0 Å². The molecule has 1 aromatic carbocycles. The number of hydrogen-bond donors (Lipinski definition) is 2. The van der Waals surface area contributed by atoms with Crippen LogP contribution in [0.25, 0.3) is 0 Å². The van der Waals surface area contributed by atoms with E-state index in [1.807, 2.05) is 18.2 Å². The number of nitrogens with one attached hydrogen (secondary N) is 2. The summed E-state index contributed by atoms with van der Waals surface area (Å²) in [6, 6.07) is 5.87. The van der Waals surface area contributed by atoms with E-state index in [2.05, 4.69) is 24.5 Å². The van der Waals surface area contributed by atoms with Gasteiger partial charge in [0.2, 0.25) is 0 Å². The third-order valence-corrected chi connectivity index (χ3v) is 4.67. The summed E-state index contributed by atoms with van der Waals surface area (Å²) < 4.78 is 0. The highest BCUT2D eigenvalue weighted by Crippen LogP contribution is 2.28. The molecule has 2 nitrogen and oxygen atoms in total. The van der Waals surface area contributed by atoms with Crippen molar-refractivity contribution in [3.8, 4) is 0 Å². The fraction of sp³-hybridized carbons (Fsp3) is 0.600. The molecule has 0 amide bonds. The smallest absolute Gasteiger partial charge is 0.0595 e. The van der Waals surface area contributed by atoms with E-state index in [0.29, 0.717) is 10.0 Å². The summed E-state index contributed by atoms with van der Waals surface area (Å²) in [6.07, 6.45) is 2.51. The van der Waals surface area contributed by atoms with Crippen molar-refractivity contribution in [1.82, 2.24) is 10.6 Å². The summed E-state index contributed by atoms with van der Waals surface area (Å²) >= 11 is 12.1. The van der Waals surface area contributed by atoms with E-state index in [1.54, 1.807) is 0 Å². The third-order valence-electron chi connectivity index (χ3n) is 3.93. The predicted molar refractivity (Wildman–Crippen MR) is 90.3 cm³/mol. The minimum absolute atomic E-state index is 0. The average molecular weight is 338 g/mol. The Hall–Kier alpha value is 0.01000. The Bertz CT molecular complexity index is 429. The Balaban J connectivity index is 0.00000200. The Morgan fingerprint density at radius 2 is 1.85 bits per heavy atom. The van der Waals surface area contributed by atoms with Crippen LogP contribution in [0.3, 0.4) is 0 Å². The maximum Gasteiger partial charge on any atom is 0.0595 e. The van der Waals surface area contributed by atoms with Gasteiger partial charge in [-0.15, -0.1) is 12.4 Å². The van der Waals surface area contributed by atoms with E-state index < -0.39 is 0 Å². The molecule has 1 aliphatic heterocycles. The summed E-state index contributed by atoms with van der Waals surface area (Å²) in [5.41, 5.74) is 1.09. The van der Waals surface area contributed by atoms with Gasteiger partial charge in [0.15, 0.2) is 0 Å². The van der Waals surface area contributed by atoms with Crippen molar-refractivity contribution in [2.45, 2.75) is 32.2 Å². The van der Waals surface area contributed by atoms with Crippen LogP contribution in [-0.4, -0.2) is 19.6 Å². The molecule has 114 valence electrons. The van der Waals surface area contributed by atoms with Crippen molar-refractivity contribution in [3.05, 3.63) is 33.8 Å². The molecule has 1 heterocycles. The van der Waals surface area contributed by atoms with Crippen LogP contribution in [0, 0.1) is 5.92 Å². The molecule has 0 aromatic heterocycles. The lowest BCUT2D eigenvalue weighted by Crippen LogP contribution is -2.42. The lowest BCUT2D eigenvalue weighted by Gasteiger charge is -2.31. The van der Waals surface area contributed by atoms with Gasteiger partial charge in [0.05, 0.1) is 10.0 Å².